The van der Waals surface area contributed by atoms with E-state index >= 15 is 0 Å². The Morgan fingerprint density at radius 2 is 0.833 bits per heavy atom. The van der Waals surface area contributed by atoms with Crippen LogP contribution in [0.25, 0.3) is 0 Å². The molecule has 2 aliphatic rings. The summed E-state index contributed by atoms with van der Waals surface area (Å²) < 4.78 is 0. The maximum Gasteiger partial charge on any atom is 0.0192 e. The van der Waals surface area contributed by atoms with Gasteiger partial charge in [0.25, 0.3) is 0 Å². The Morgan fingerprint density at radius 3 is 1.00 bits per heavy atom. The molecule has 0 aromatic heterocycles. The van der Waals surface area contributed by atoms with E-state index in [-0.39, 0.29) is 0 Å². The third-order valence-corrected chi connectivity index (χ3v) is 4.54. The first-order chi connectivity index (χ1) is 8.43. The summed E-state index contributed by atoms with van der Waals surface area (Å²) in [5.74, 6) is 0. The minimum absolute atomic E-state index is 0.703. The molecule has 2 N–H and O–H groups in total. The van der Waals surface area contributed by atoms with Crippen molar-refractivity contribution in [2.45, 2.75) is 51.9 Å². The van der Waals surface area contributed by atoms with Gasteiger partial charge in [0.15, 0.2) is 0 Å². The maximum absolute atomic E-state index is 3.37. The lowest BCUT2D eigenvalue weighted by atomic mass is 10.1. The summed E-state index contributed by atoms with van der Waals surface area (Å²) in [6, 6.07) is 2.81. The summed E-state index contributed by atoms with van der Waals surface area (Å²) in [6.07, 6.45) is 0. The molecule has 108 valence electrons. The van der Waals surface area contributed by atoms with Crippen LogP contribution in [-0.2, 0) is 0 Å². The zero-order valence-corrected chi connectivity index (χ0v) is 13.0. The molecule has 0 amide bonds. The van der Waals surface area contributed by atoms with Crippen LogP contribution in [0.2, 0.25) is 0 Å². The van der Waals surface area contributed by atoms with Crippen LogP contribution in [0.4, 0.5) is 0 Å². The topological polar surface area (TPSA) is 30.5 Å². The third-order valence-electron chi connectivity index (χ3n) is 4.54. The normalized spacial score (nSPS) is 39.0. The van der Waals surface area contributed by atoms with Crippen molar-refractivity contribution in [2.24, 2.45) is 0 Å². The molecule has 0 bridgehead atoms. The van der Waals surface area contributed by atoms with E-state index in [9.17, 15) is 0 Å². The van der Waals surface area contributed by atoms with E-state index in [0.717, 1.165) is 26.2 Å². The second-order valence-electron chi connectivity index (χ2n) is 6.04. The van der Waals surface area contributed by atoms with Crippen molar-refractivity contribution in [3.05, 3.63) is 0 Å². The number of hydrogen-bond donors (Lipinski definition) is 2. The summed E-state index contributed by atoms with van der Waals surface area (Å²) in [5, 5.41) is 6.75. The predicted molar refractivity (Wildman–Crippen MR) is 79.1 cm³/mol. The largest absolute Gasteiger partial charge is 0.314 e. The van der Waals surface area contributed by atoms with Crippen molar-refractivity contribution >= 4 is 0 Å². The average Bonchev–Trinajstić information content (AvgIpc) is 2.34. The van der Waals surface area contributed by atoms with Gasteiger partial charge in [0.05, 0.1) is 0 Å². The van der Waals surface area contributed by atoms with Crippen molar-refractivity contribution in [2.75, 3.05) is 40.3 Å². The van der Waals surface area contributed by atoms with Gasteiger partial charge in [-0.3, -0.25) is 9.80 Å². The van der Waals surface area contributed by atoms with Gasteiger partial charge >= 0.3 is 0 Å². The molecule has 2 heterocycles. The highest BCUT2D eigenvalue weighted by Crippen LogP contribution is 2.05. The quantitative estimate of drug-likeness (QED) is 0.664. The molecule has 4 heteroatoms. The highest BCUT2D eigenvalue weighted by molar-refractivity contribution is 4.79. The number of nitrogens with zero attached hydrogens (tertiary/aromatic N) is 2. The summed E-state index contributed by atoms with van der Waals surface area (Å²) in [4.78, 5) is 4.83. The van der Waals surface area contributed by atoms with E-state index in [1.807, 2.05) is 0 Å². The van der Waals surface area contributed by atoms with Crippen molar-refractivity contribution in [3.63, 3.8) is 0 Å². The van der Waals surface area contributed by atoms with E-state index in [1.165, 1.54) is 0 Å². The molecule has 0 unspecified atom stereocenters. The molecule has 0 spiro atoms. The fraction of sp³-hybridized carbons (Fsp3) is 1.00. The predicted octanol–water partition coefficient (Wildman–Crippen LogP) is 0.597. The molecular formula is C14H32N4. The van der Waals surface area contributed by atoms with Crippen LogP contribution in [0.15, 0.2) is 0 Å². The molecule has 0 aromatic rings. The Morgan fingerprint density at radius 1 is 0.611 bits per heavy atom. The first kappa shape index (κ1) is 15.9. The van der Waals surface area contributed by atoms with E-state index in [2.05, 4.69) is 62.2 Å². The molecule has 2 aliphatic heterocycles. The van der Waals surface area contributed by atoms with E-state index in [4.69, 9.17) is 0 Å². The van der Waals surface area contributed by atoms with Gasteiger partial charge in [-0.25, -0.2) is 0 Å². The summed E-state index contributed by atoms with van der Waals surface area (Å²) in [5.41, 5.74) is 0. The van der Waals surface area contributed by atoms with E-state index < -0.39 is 0 Å². The van der Waals surface area contributed by atoms with Crippen molar-refractivity contribution in [1.82, 2.24) is 20.4 Å². The number of hydrogen-bond acceptors (Lipinski definition) is 4. The van der Waals surface area contributed by atoms with Gasteiger partial charge in [-0.2, -0.15) is 0 Å². The Hall–Kier alpha value is -0.160. The molecule has 0 radical (unpaired) electrons. The molecule has 2 saturated heterocycles. The molecule has 2 rings (SSSR count). The highest BCUT2D eigenvalue weighted by atomic mass is 15.2. The van der Waals surface area contributed by atoms with Gasteiger partial charge < -0.3 is 10.6 Å². The number of piperazine rings is 2. The number of nitrogens with one attached hydrogen (secondary N) is 2. The molecule has 4 nitrogen and oxygen atoms in total. The zero-order chi connectivity index (χ0) is 13.7. The van der Waals surface area contributed by atoms with Crippen LogP contribution in [0.1, 0.15) is 27.7 Å². The minimum Gasteiger partial charge on any atom is -0.314 e. The second-order valence-corrected chi connectivity index (χ2v) is 6.04. The fourth-order valence-corrected chi connectivity index (χ4v) is 2.45. The van der Waals surface area contributed by atoms with Crippen LogP contribution in [0, 0.1) is 0 Å². The van der Waals surface area contributed by atoms with Crippen molar-refractivity contribution in [1.29, 1.82) is 0 Å². The lowest BCUT2D eigenvalue weighted by molar-refractivity contribution is 0.152. The lowest BCUT2D eigenvalue weighted by Gasteiger charge is -2.36. The summed E-state index contributed by atoms with van der Waals surface area (Å²) in [7, 11) is 4.38. The van der Waals surface area contributed by atoms with Gasteiger partial charge in [0, 0.05) is 50.3 Å². The second kappa shape index (κ2) is 7.43. The molecule has 4 atom stereocenters. The van der Waals surface area contributed by atoms with Gasteiger partial charge in [-0.15, -0.1) is 0 Å². The van der Waals surface area contributed by atoms with Crippen molar-refractivity contribution < 1.29 is 0 Å². The fourth-order valence-electron chi connectivity index (χ4n) is 2.45. The maximum atomic E-state index is 3.37. The Kier molecular flexibility index (Phi) is 6.57. The van der Waals surface area contributed by atoms with Crippen LogP contribution in [-0.4, -0.2) is 74.2 Å². The average molecular weight is 256 g/mol. The first-order valence-electron chi connectivity index (χ1n) is 7.28. The van der Waals surface area contributed by atoms with Gasteiger partial charge in [0.2, 0.25) is 0 Å². The zero-order valence-electron chi connectivity index (χ0n) is 13.0. The smallest absolute Gasteiger partial charge is 0.0192 e. The highest BCUT2D eigenvalue weighted by Gasteiger charge is 2.20. The van der Waals surface area contributed by atoms with Crippen molar-refractivity contribution in [3.8, 4) is 0 Å². The SMILES string of the molecule is C[C@@H]1CNC[C@H](C)N1C.C[C@@H]1CNC[C@H](C)N1C. The number of rotatable bonds is 0. The molecular weight excluding hydrogens is 224 g/mol. The van der Waals surface area contributed by atoms with Crippen LogP contribution in [0.5, 0.6) is 0 Å². The molecule has 0 saturated carbocycles. The third kappa shape index (κ3) is 4.50. The van der Waals surface area contributed by atoms with Gasteiger partial charge in [-0.05, 0) is 41.8 Å². The summed E-state index contributed by atoms with van der Waals surface area (Å²) >= 11 is 0. The molecule has 0 aliphatic carbocycles. The molecule has 0 aromatic carbocycles. The standard InChI is InChI=1S/2C7H16N2/c2*1-6-4-8-5-7(2)9(6)3/h2*6-8H,4-5H2,1-3H3/t2*6-,7+. The van der Waals surface area contributed by atoms with E-state index in [0.29, 0.717) is 24.2 Å². The van der Waals surface area contributed by atoms with Crippen LogP contribution < -0.4 is 10.6 Å². The lowest BCUT2D eigenvalue weighted by Crippen LogP contribution is -2.52. The van der Waals surface area contributed by atoms with Crippen LogP contribution in [0.3, 0.4) is 0 Å². The Balaban J connectivity index is 0.000000180. The van der Waals surface area contributed by atoms with E-state index in [1.54, 1.807) is 0 Å². The summed E-state index contributed by atoms with van der Waals surface area (Å²) in [6.45, 7) is 13.6. The number of likely N-dealkylation sites (N-methyl/N-ethyl adjacent to an activating group) is 2. The Labute approximate surface area is 113 Å². The first-order valence-corrected chi connectivity index (χ1v) is 7.28. The monoisotopic (exact) mass is 256 g/mol. The molecule has 18 heavy (non-hydrogen) atoms. The Bertz CT molecular complexity index is 190. The van der Waals surface area contributed by atoms with Crippen LogP contribution >= 0.6 is 0 Å². The van der Waals surface area contributed by atoms with Gasteiger partial charge in [-0.1, -0.05) is 0 Å². The minimum atomic E-state index is 0.703. The van der Waals surface area contributed by atoms with Gasteiger partial charge in [0.1, 0.15) is 0 Å². The molecule has 2 fully saturated rings.